The van der Waals surface area contributed by atoms with Crippen LogP contribution in [0.5, 0.6) is 11.5 Å². The standard InChI is InChI=1S/C27H41N3O7/c1-2-3-11-29(12-5-4-10-28)24(31)17-30-16-20(19-6-8-22-23(15-19)37-18-36-22)26(27(32)33)21(30)7-9-25-34-13-14-35-25/h6,8,15,20-21,25-26H,2-5,7,9-14,16-18,28H2,1H3,(H,32,33)/t20-,21+,26?/m1/s1. The third kappa shape index (κ3) is 6.93. The Bertz CT molecular complexity index is 908. The molecule has 3 atom stereocenters. The number of amides is 1. The maximum atomic E-state index is 13.5. The van der Waals surface area contributed by atoms with Gasteiger partial charge in [0.15, 0.2) is 17.8 Å². The summed E-state index contributed by atoms with van der Waals surface area (Å²) >= 11 is 0. The highest BCUT2D eigenvalue weighted by atomic mass is 16.7. The van der Waals surface area contributed by atoms with Crippen molar-refractivity contribution in [1.82, 2.24) is 9.80 Å². The van der Waals surface area contributed by atoms with Crippen LogP contribution in [0.1, 0.15) is 56.9 Å². The second-order valence-corrected chi connectivity index (χ2v) is 10.1. The van der Waals surface area contributed by atoms with Gasteiger partial charge >= 0.3 is 5.97 Å². The van der Waals surface area contributed by atoms with E-state index in [0.717, 1.165) is 31.2 Å². The van der Waals surface area contributed by atoms with Crippen LogP contribution in [0.15, 0.2) is 18.2 Å². The average Bonchev–Trinajstić information content (AvgIpc) is 3.64. The van der Waals surface area contributed by atoms with Crippen LogP contribution in [-0.4, -0.2) is 91.8 Å². The first-order valence-corrected chi connectivity index (χ1v) is 13.6. The molecule has 1 amide bonds. The number of likely N-dealkylation sites (tertiary alicyclic amines) is 1. The minimum absolute atomic E-state index is 0.0410. The number of carboxylic acids is 1. The van der Waals surface area contributed by atoms with Gasteiger partial charge < -0.3 is 34.7 Å². The molecule has 3 N–H and O–H groups in total. The van der Waals surface area contributed by atoms with Gasteiger partial charge in [0.2, 0.25) is 12.7 Å². The Morgan fingerprint density at radius 2 is 1.84 bits per heavy atom. The van der Waals surface area contributed by atoms with Crippen LogP contribution in [0, 0.1) is 5.92 Å². The van der Waals surface area contributed by atoms with E-state index in [2.05, 4.69) is 11.8 Å². The smallest absolute Gasteiger partial charge is 0.308 e. The van der Waals surface area contributed by atoms with E-state index in [4.69, 9.17) is 24.7 Å². The molecule has 3 aliphatic heterocycles. The number of unbranched alkanes of at least 4 members (excludes halogenated alkanes) is 2. The van der Waals surface area contributed by atoms with Crippen LogP contribution in [-0.2, 0) is 19.1 Å². The van der Waals surface area contributed by atoms with Gasteiger partial charge in [-0.15, -0.1) is 0 Å². The number of rotatable bonds is 14. The third-order valence-electron chi connectivity index (χ3n) is 7.60. The fraction of sp³-hybridized carbons (Fsp3) is 0.704. The monoisotopic (exact) mass is 519 g/mol. The number of ether oxygens (including phenoxy) is 4. The number of nitrogens with two attached hydrogens (primary N) is 1. The third-order valence-corrected chi connectivity index (χ3v) is 7.60. The maximum Gasteiger partial charge on any atom is 0.308 e. The van der Waals surface area contributed by atoms with Crippen LogP contribution < -0.4 is 15.2 Å². The number of carboxylic acid groups (broad SMARTS) is 1. The molecule has 0 aromatic heterocycles. The highest BCUT2D eigenvalue weighted by Crippen LogP contribution is 2.43. The number of hydrogen-bond donors (Lipinski definition) is 2. The first kappa shape index (κ1) is 27.6. The van der Waals surface area contributed by atoms with E-state index in [1.807, 2.05) is 23.1 Å². The zero-order valence-electron chi connectivity index (χ0n) is 21.8. The van der Waals surface area contributed by atoms with Gasteiger partial charge in [-0.3, -0.25) is 14.5 Å². The zero-order valence-corrected chi connectivity index (χ0v) is 21.8. The molecule has 0 aliphatic carbocycles. The molecular formula is C27H41N3O7. The van der Waals surface area contributed by atoms with Crippen molar-refractivity contribution in [2.45, 2.75) is 63.7 Å². The highest BCUT2D eigenvalue weighted by molar-refractivity contribution is 5.79. The van der Waals surface area contributed by atoms with Crippen LogP contribution in [0.4, 0.5) is 0 Å². The molecule has 10 nitrogen and oxygen atoms in total. The lowest BCUT2D eigenvalue weighted by atomic mass is 9.83. The zero-order chi connectivity index (χ0) is 26.2. The summed E-state index contributed by atoms with van der Waals surface area (Å²) < 4.78 is 22.2. The van der Waals surface area contributed by atoms with Crippen molar-refractivity contribution in [2.75, 3.05) is 52.7 Å². The molecule has 10 heteroatoms. The molecule has 3 heterocycles. The first-order chi connectivity index (χ1) is 18.0. The fourth-order valence-corrected chi connectivity index (χ4v) is 5.65. The molecule has 37 heavy (non-hydrogen) atoms. The number of carbonyl (C=O) groups excluding carboxylic acids is 1. The van der Waals surface area contributed by atoms with Gasteiger partial charge in [-0.2, -0.15) is 0 Å². The van der Waals surface area contributed by atoms with Gasteiger partial charge in [-0.1, -0.05) is 19.4 Å². The number of benzene rings is 1. The van der Waals surface area contributed by atoms with Crippen LogP contribution in [0.25, 0.3) is 0 Å². The lowest BCUT2D eigenvalue weighted by molar-refractivity contribution is -0.144. The summed E-state index contributed by atoms with van der Waals surface area (Å²) in [5.74, 6) is -0.476. The second-order valence-electron chi connectivity index (χ2n) is 10.1. The molecule has 1 aromatic rings. The summed E-state index contributed by atoms with van der Waals surface area (Å²) in [6.45, 7) is 6.02. The number of hydrogen-bond acceptors (Lipinski definition) is 8. The van der Waals surface area contributed by atoms with E-state index in [0.29, 0.717) is 63.7 Å². The van der Waals surface area contributed by atoms with E-state index in [1.165, 1.54) is 0 Å². The lowest BCUT2D eigenvalue weighted by Crippen LogP contribution is -2.45. The van der Waals surface area contributed by atoms with Crippen LogP contribution in [0.3, 0.4) is 0 Å². The van der Waals surface area contributed by atoms with Crippen LogP contribution in [0.2, 0.25) is 0 Å². The van der Waals surface area contributed by atoms with Gasteiger partial charge in [-0.05, 0) is 56.3 Å². The molecule has 4 rings (SSSR count). The quantitative estimate of drug-likeness (QED) is 0.357. The van der Waals surface area contributed by atoms with Crippen molar-refractivity contribution >= 4 is 11.9 Å². The summed E-state index contributed by atoms with van der Waals surface area (Å²) in [5.41, 5.74) is 6.55. The van der Waals surface area contributed by atoms with Crippen molar-refractivity contribution < 1.29 is 33.6 Å². The Morgan fingerprint density at radius 3 is 2.57 bits per heavy atom. The van der Waals surface area contributed by atoms with Crippen molar-refractivity contribution in [3.63, 3.8) is 0 Å². The minimum Gasteiger partial charge on any atom is -0.481 e. The average molecular weight is 520 g/mol. The van der Waals surface area contributed by atoms with Crippen molar-refractivity contribution in [3.8, 4) is 11.5 Å². The van der Waals surface area contributed by atoms with Gasteiger partial charge in [0, 0.05) is 31.6 Å². The molecule has 3 aliphatic rings. The summed E-state index contributed by atoms with van der Waals surface area (Å²) in [6.07, 6.45) is 4.50. The summed E-state index contributed by atoms with van der Waals surface area (Å²) in [7, 11) is 0. The first-order valence-electron chi connectivity index (χ1n) is 13.6. The molecule has 206 valence electrons. The summed E-state index contributed by atoms with van der Waals surface area (Å²) in [5, 5.41) is 10.4. The van der Waals surface area contributed by atoms with E-state index in [1.54, 1.807) is 0 Å². The normalized spacial score (nSPS) is 23.6. The Hall–Kier alpha value is -2.40. The molecule has 0 spiro atoms. The molecule has 1 aromatic carbocycles. The summed E-state index contributed by atoms with van der Waals surface area (Å²) in [4.78, 5) is 30.1. The highest BCUT2D eigenvalue weighted by Gasteiger charge is 2.47. The van der Waals surface area contributed by atoms with Crippen molar-refractivity contribution in [2.24, 2.45) is 11.7 Å². The molecule has 1 unspecified atom stereocenters. The molecule has 0 radical (unpaired) electrons. The Morgan fingerprint density at radius 1 is 1.08 bits per heavy atom. The van der Waals surface area contributed by atoms with Gasteiger partial charge in [0.05, 0.1) is 25.7 Å². The Kier molecular flexibility index (Phi) is 10.0. The Balaban J connectivity index is 1.54. The summed E-state index contributed by atoms with van der Waals surface area (Å²) in [6, 6.07) is 5.32. The molecular weight excluding hydrogens is 478 g/mol. The Labute approximate surface area is 219 Å². The van der Waals surface area contributed by atoms with Crippen LogP contribution >= 0.6 is 0 Å². The number of aliphatic carboxylic acids is 1. The minimum atomic E-state index is -0.860. The largest absolute Gasteiger partial charge is 0.481 e. The number of fused-ring (bicyclic) bond motifs is 1. The van der Waals surface area contributed by atoms with E-state index >= 15 is 0 Å². The molecule has 2 fully saturated rings. The predicted molar refractivity (Wildman–Crippen MR) is 136 cm³/mol. The molecule has 0 bridgehead atoms. The predicted octanol–water partition coefficient (Wildman–Crippen LogP) is 2.40. The molecule has 2 saturated heterocycles. The van der Waals surface area contributed by atoms with E-state index < -0.39 is 11.9 Å². The maximum absolute atomic E-state index is 13.5. The van der Waals surface area contributed by atoms with Gasteiger partial charge in [-0.25, -0.2) is 0 Å². The second kappa shape index (κ2) is 13.4. The molecule has 0 saturated carbocycles. The van der Waals surface area contributed by atoms with Gasteiger partial charge in [0.25, 0.3) is 0 Å². The fourth-order valence-electron chi connectivity index (χ4n) is 5.65. The van der Waals surface area contributed by atoms with E-state index in [9.17, 15) is 14.7 Å². The van der Waals surface area contributed by atoms with E-state index in [-0.39, 0.29) is 37.5 Å². The van der Waals surface area contributed by atoms with Gasteiger partial charge in [0.1, 0.15) is 0 Å². The van der Waals surface area contributed by atoms with Crippen molar-refractivity contribution in [3.05, 3.63) is 23.8 Å². The van der Waals surface area contributed by atoms with Crippen molar-refractivity contribution in [1.29, 1.82) is 0 Å². The number of carbonyl (C=O) groups is 2. The lowest BCUT2D eigenvalue weighted by Gasteiger charge is -2.30. The number of nitrogens with zero attached hydrogens (tertiary/aromatic N) is 2. The topological polar surface area (TPSA) is 124 Å². The SMILES string of the molecule is CCCCN(CCCCN)C(=O)CN1C[C@H](c2ccc3c(c2)OCO3)C(C(=O)O)[C@@H]1CCC1OCCO1.